The number of carbonyl (C=O) groups is 1. The number of anilines is 1. The monoisotopic (exact) mass is 505 g/mol. The topological polar surface area (TPSA) is 72.7 Å². The van der Waals surface area contributed by atoms with Crippen molar-refractivity contribution >= 4 is 57.2 Å². The molecule has 6 nitrogen and oxygen atoms in total. The van der Waals surface area contributed by atoms with Crippen LogP contribution in [0.15, 0.2) is 36.4 Å². The van der Waals surface area contributed by atoms with Crippen LogP contribution in [0.5, 0.6) is 0 Å². The van der Waals surface area contributed by atoms with E-state index in [4.69, 9.17) is 34.8 Å². The van der Waals surface area contributed by atoms with E-state index < -0.39 is 0 Å². The molecule has 0 aliphatic rings. The maximum absolute atomic E-state index is 12.9. The third-order valence-electron chi connectivity index (χ3n) is 4.97. The molecule has 2 aromatic carbocycles. The van der Waals surface area contributed by atoms with Gasteiger partial charge in [0, 0.05) is 16.3 Å². The molecule has 0 aliphatic carbocycles. The number of thiazole rings is 1. The maximum atomic E-state index is 12.9. The Morgan fingerprint density at radius 3 is 2.59 bits per heavy atom. The average Bonchev–Trinajstić information content (AvgIpc) is 3.28. The molecular weight excluding hydrogens is 489 g/mol. The second-order valence-corrected chi connectivity index (χ2v) is 9.61. The lowest BCUT2D eigenvalue weighted by atomic mass is 10.1. The van der Waals surface area contributed by atoms with Gasteiger partial charge in [0.25, 0.3) is 5.91 Å². The first-order valence-corrected chi connectivity index (χ1v) is 11.6. The van der Waals surface area contributed by atoms with E-state index in [9.17, 15) is 4.79 Å². The number of amides is 1. The van der Waals surface area contributed by atoms with E-state index in [1.807, 2.05) is 32.0 Å². The van der Waals surface area contributed by atoms with Crippen LogP contribution in [0.1, 0.15) is 37.9 Å². The Kier molecular flexibility index (Phi) is 6.53. The minimum atomic E-state index is -0.372. The normalized spacial score (nSPS) is 11.1. The number of benzene rings is 2. The summed E-state index contributed by atoms with van der Waals surface area (Å²) in [6.45, 7) is 5.64. The van der Waals surface area contributed by atoms with Crippen molar-refractivity contribution in [3.8, 4) is 5.69 Å². The highest BCUT2D eigenvalue weighted by molar-refractivity contribution is 7.15. The van der Waals surface area contributed by atoms with Crippen molar-refractivity contribution in [1.29, 1.82) is 0 Å². The van der Waals surface area contributed by atoms with Crippen LogP contribution in [0, 0.1) is 20.8 Å². The van der Waals surface area contributed by atoms with Gasteiger partial charge >= 0.3 is 0 Å². The fourth-order valence-corrected chi connectivity index (χ4v) is 4.69. The standard InChI is InChI=1S/C22H18Cl3N5OS/c1-11-4-6-15(23)10-18(11)30-13(3)20(28-29-30)21(31)27-22-26-12(2)19(32-22)9-14-5-7-16(24)17(25)8-14/h4-8,10H,9H2,1-3H3,(H,26,27,31). The molecule has 0 saturated heterocycles. The molecule has 1 amide bonds. The Labute approximate surface area is 204 Å². The number of halogens is 3. The molecule has 0 aliphatic heterocycles. The molecule has 10 heteroatoms. The molecule has 32 heavy (non-hydrogen) atoms. The van der Waals surface area contributed by atoms with E-state index in [1.165, 1.54) is 11.3 Å². The largest absolute Gasteiger partial charge is 0.296 e. The zero-order chi connectivity index (χ0) is 23.0. The first kappa shape index (κ1) is 22.7. The van der Waals surface area contributed by atoms with Crippen LogP contribution in [-0.4, -0.2) is 25.9 Å². The van der Waals surface area contributed by atoms with Crippen molar-refractivity contribution in [1.82, 2.24) is 20.0 Å². The minimum absolute atomic E-state index is 0.225. The van der Waals surface area contributed by atoms with Crippen molar-refractivity contribution in [3.63, 3.8) is 0 Å². The van der Waals surface area contributed by atoms with Crippen molar-refractivity contribution in [2.45, 2.75) is 27.2 Å². The van der Waals surface area contributed by atoms with Gasteiger partial charge in [-0.15, -0.1) is 16.4 Å². The van der Waals surface area contributed by atoms with Crippen LogP contribution < -0.4 is 5.32 Å². The van der Waals surface area contributed by atoms with E-state index in [2.05, 4.69) is 20.6 Å². The van der Waals surface area contributed by atoms with Gasteiger partial charge in [0.1, 0.15) is 0 Å². The van der Waals surface area contributed by atoms with Gasteiger partial charge < -0.3 is 0 Å². The number of nitrogens with one attached hydrogen (secondary N) is 1. The number of carbonyl (C=O) groups excluding carboxylic acids is 1. The number of hydrogen-bond donors (Lipinski definition) is 1. The van der Waals surface area contributed by atoms with E-state index in [0.29, 0.717) is 32.3 Å². The van der Waals surface area contributed by atoms with Crippen LogP contribution in [0.4, 0.5) is 5.13 Å². The maximum Gasteiger partial charge on any atom is 0.279 e. The zero-order valence-corrected chi connectivity index (χ0v) is 20.5. The van der Waals surface area contributed by atoms with Crippen molar-refractivity contribution in [2.75, 3.05) is 5.32 Å². The number of aryl methyl sites for hydroxylation is 2. The Hall–Kier alpha value is -2.45. The van der Waals surface area contributed by atoms with Gasteiger partial charge in [-0.1, -0.05) is 52.1 Å². The highest BCUT2D eigenvalue weighted by atomic mass is 35.5. The molecule has 4 aromatic rings. The first-order chi connectivity index (χ1) is 15.2. The van der Waals surface area contributed by atoms with E-state index in [-0.39, 0.29) is 11.6 Å². The summed E-state index contributed by atoms with van der Waals surface area (Å²) < 4.78 is 1.61. The first-order valence-electron chi connectivity index (χ1n) is 9.63. The van der Waals surface area contributed by atoms with Crippen molar-refractivity contribution < 1.29 is 4.79 Å². The molecule has 1 N–H and O–H groups in total. The van der Waals surface area contributed by atoms with Gasteiger partial charge in [-0.3, -0.25) is 10.1 Å². The molecule has 0 fully saturated rings. The van der Waals surface area contributed by atoms with Crippen molar-refractivity contribution in [2.24, 2.45) is 0 Å². The molecule has 0 saturated carbocycles. The Balaban J connectivity index is 1.54. The number of aromatic nitrogens is 4. The van der Waals surface area contributed by atoms with Gasteiger partial charge in [-0.05, 0) is 56.2 Å². The van der Waals surface area contributed by atoms with Crippen molar-refractivity contribution in [3.05, 3.63) is 84.6 Å². The highest BCUT2D eigenvalue weighted by Gasteiger charge is 2.20. The van der Waals surface area contributed by atoms with Gasteiger partial charge in [0.15, 0.2) is 10.8 Å². The van der Waals surface area contributed by atoms with Gasteiger partial charge in [0.05, 0.1) is 27.1 Å². The molecule has 0 unspecified atom stereocenters. The number of hydrogen-bond acceptors (Lipinski definition) is 5. The molecule has 2 heterocycles. The summed E-state index contributed by atoms with van der Waals surface area (Å²) in [5.41, 5.74) is 4.43. The summed E-state index contributed by atoms with van der Waals surface area (Å²) in [5, 5.41) is 13.2. The lowest BCUT2D eigenvalue weighted by Gasteiger charge is -2.07. The molecule has 0 bridgehead atoms. The smallest absolute Gasteiger partial charge is 0.279 e. The van der Waals surface area contributed by atoms with Gasteiger partial charge in [-0.2, -0.15) is 0 Å². The summed E-state index contributed by atoms with van der Waals surface area (Å²) in [6, 6.07) is 11.0. The second-order valence-electron chi connectivity index (χ2n) is 7.27. The number of nitrogens with zero attached hydrogens (tertiary/aromatic N) is 4. The van der Waals surface area contributed by atoms with Gasteiger partial charge in [-0.25, -0.2) is 9.67 Å². The summed E-state index contributed by atoms with van der Waals surface area (Å²) in [5.74, 6) is -0.372. The summed E-state index contributed by atoms with van der Waals surface area (Å²) >= 11 is 19.6. The summed E-state index contributed by atoms with van der Waals surface area (Å²) in [6.07, 6.45) is 0.638. The molecule has 0 radical (unpaired) electrons. The fraction of sp³-hybridized carbons (Fsp3) is 0.182. The van der Waals surface area contributed by atoms with Crippen LogP contribution in [0.25, 0.3) is 5.69 Å². The Morgan fingerprint density at radius 2 is 1.84 bits per heavy atom. The fourth-order valence-electron chi connectivity index (χ4n) is 3.22. The predicted molar refractivity (Wildman–Crippen MR) is 130 cm³/mol. The van der Waals surface area contributed by atoms with E-state index in [1.54, 1.807) is 29.8 Å². The Morgan fingerprint density at radius 1 is 1.06 bits per heavy atom. The van der Waals surface area contributed by atoms with E-state index in [0.717, 1.165) is 27.4 Å². The average molecular weight is 507 g/mol. The van der Waals surface area contributed by atoms with Crippen LogP contribution in [0.2, 0.25) is 15.1 Å². The Bertz CT molecular complexity index is 1330. The molecule has 4 rings (SSSR count). The molecule has 0 atom stereocenters. The van der Waals surface area contributed by atoms with Crippen LogP contribution in [-0.2, 0) is 6.42 Å². The molecular formula is C22H18Cl3N5OS. The lowest BCUT2D eigenvalue weighted by Crippen LogP contribution is -2.14. The van der Waals surface area contributed by atoms with Crippen LogP contribution in [0.3, 0.4) is 0 Å². The predicted octanol–water partition coefficient (Wildman–Crippen LogP) is 6.45. The lowest BCUT2D eigenvalue weighted by molar-refractivity contribution is 0.102. The summed E-state index contributed by atoms with van der Waals surface area (Å²) in [7, 11) is 0. The third kappa shape index (κ3) is 4.66. The minimum Gasteiger partial charge on any atom is -0.296 e. The summed E-state index contributed by atoms with van der Waals surface area (Å²) in [4.78, 5) is 18.4. The highest BCUT2D eigenvalue weighted by Crippen LogP contribution is 2.29. The second kappa shape index (κ2) is 9.19. The molecule has 2 aromatic heterocycles. The number of rotatable bonds is 5. The van der Waals surface area contributed by atoms with Gasteiger partial charge in [0.2, 0.25) is 0 Å². The molecule has 0 spiro atoms. The quantitative estimate of drug-likeness (QED) is 0.337. The molecule has 164 valence electrons. The van der Waals surface area contributed by atoms with E-state index >= 15 is 0 Å². The van der Waals surface area contributed by atoms with Crippen LogP contribution >= 0.6 is 46.1 Å². The SMILES string of the molecule is Cc1ccc(Cl)cc1-n1nnc(C(=O)Nc2nc(C)c(Cc3ccc(Cl)c(Cl)c3)s2)c1C. The zero-order valence-electron chi connectivity index (χ0n) is 17.4. The third-order valence-corrected chi connectivity index (χ3v) is 7.02.